The van der Waals surface area contributed by atoms with Gasteiger partial charge in [0, 0.05) is 35.5 Å². The van der Waals surface area contributed by atoms with Crippen molar-refractivity contribution >= 4 is 29.2 Å². The molecule has 3 amide bonds. The van der Waals surface area contributed by atoms with Gasteiger partial charge in [0.1, 0.15) is 11.8 Å². The van der Waals surface area contributed by atoms with Crippen LogP contribution in [0.5, 0.6) is 5.75 Å². The second kappa shape index (κ2) is 20.3. The standard InChI is InChI=1S/C41H51N9O4/c1-7-9-10-11-12-23-54-34-21-17-30(18-22-34)32-25-42-37(43-26-32)29(8-2)14-13-28(3)24-35(39(53)44-27-36(51)46-40-47-49-50-48-40)45-38(52)31-15-19-33(20-16-31)41(4,5)6/h8,13-22,25-26,35H,3,7,9-12,23-24,27H2,1-2,4-6H3,(H,44,53)(H,45,52)(H2,46,47,48,49,50,51)/b14-13-,29-8+/t35-/m0/s1. The molecule has 13 nitrogen and oxygen atoms in total. The first-order chi connectivity index (χ1) is 26.0. The Kier molecular flexibility index (Phi) is 15.3. The van der Waals surface area contributed by atoms with Crippen molar-refractivity contribution in [2.45, 2.75) is 84.6 Å². The summed E-state index contributed by atoms with van der Waals surface area (Å²) in [4.78, 5) is 48.2. The monoisotopic (exact) mass is 733 g/mol. The molecule has 0 fully saturated rings. The Labute approximate surface area is 317 Å². The summed E-state index contributed by atoms with van der Waals surface area (Å²) in [7, 11) is 0. The normalized spacial score (nSPS) is 12.3. The van der Waals surface area contributed by atoms with E-state index in [-0.39, 0.29) is 24.3 Å². The van der Waals surface area contributed by atoms with Gasteiger partial charge in [-0.1, -0.05) is 113 Å². The lowest BCUT2D eigenvalue weighted by Gasteiger charge is -2.20. The molecule has 2 heterocycles. The topological polar surface area (TPSA) is 177 Å². The number of rotatable bonds is 19. The van der Waals surface area contributed by atoms with E-state index in [4.69, 9.17) is 4.74 Å². The number of hydrogen-bond donors (Lipinski definition) is 4. The molecule has 4 rings (SSSR count). The van der Waals surface area contributed by atoms with Crippen molar-refractivity contribution in [1.29, 1.82) is 0 Å². The minimum atomic E-state index is -1.04. The fourth-order valence-electron chi connectivity index (χ4n) is 5.35. The van der Waals surface area contributed by atoms with Crippen LogP contribution in [-0.2, 0) is 15.0 Å². The summed E-state index contributed by atoms with van der Waals surface area (Å²) in [6.45, 7) is 14.8. The first-order valence-electron chi connectivity index (χ1n) is 18.3. The highest BCUT2D eigenvalue weighted by Crippen LogP contribution is 2.24. The molecule has 0 radical (unpaired) electrons. The summed E-state index contributed by atoms with van der Waals surface area (Å²) in [6.07, 6.45) is 15.0. The van der Waals surface area contributed by atoms with Crippen molar-refractivity contribution in [3.63, 3.8) is 0 Å². The molecule has 0 aliphatic carbocycles. The van der Waals surface area contributed by atoms with Crippen molar-refractivity contribution in [3.8, 4) is 16.9 Å². The van der Waals surface area contributed by atoms with E-state index in [0.717, 1.165) is 34.4 Å². The number of tetrazole rings is 1. The zero-order valence-corrected chi connectivity index (χ0v) is 31.8. The maximum absolute atomic E-state index is 13.4. The summed E-state index contributed by atoms with van der Waals surface area (Å²) >= 11 is 0. The number of ether oxygens (including phenoxy) is 1. The quantitative estimate of drug-likeness (QED) is 0.0599. The summed E-state index contributed by atoms with van der Waals surface area (Å²) in [6, 6.07) is 14.1. The molecule has 284 valence electrons. The van der Waals surface area contributed by atoms with Crippen LogP contribution in [0.1, 0.15) is 94.9 Å². The van der Waals surface area contributed by atoms with Crippen LogP contribution in [0.4, 0.5) is 5.95 Å². The van der Waals surface area contributed by atoms with Gasteiger partial charge in [0.25, 0.3) is 11.9 Å². The molecule has 2 aromatic heterocycles. The molecule has 0 spiro atoms. The number of amides is 3. The second-order valence-electron chi connectivity index (χ2n) is 13.9. The number of carbonyl (C=O) groups excluding carboxylic acids is 3. The molecule has 1 atom stereocenters. The van der Waals surface area contributed by atoms with Crippen LogP contribution in [0, 0.1) is 0 Å². The number of benzene rings is 2. The zero-order valence-electron chi connectivity index (χ0n) is 31.8. The number of anilines is 1. The average molecular weight is 734 g/mol. The van der Waals surface area contributed by atoms with Crippen molar-refractivity contribution in [3.05, 3.63) is 108 Å². The second-order valence-corrected chi connectivity index (χ2v) is 13.9. The van der Waals surface area contributed by atoms with Gasteiger partial charge in [-0.3, -0.25) is 19.7 Å². The van der Waals surface area contributed by atoms with Crippen molar-refractivity contribution < 1.29 is 19.1 Å². The van der Waals surface area contributed by atoms with E-state index in [1.54, 1.807) is 30.6 Å². The summed E-state index contributed by atoms with van der Waals surface area (Å²) < 4.78 is 5.90. The number of allylic oxidation sites excluding steroid dienone is 4. The van der Waals surface area contributed by atoms with Gasteiger partial charge in [-0.15, -0.1) is 5.10 Å². The molecule has 0 aliphatic heterocycles. The first-order valence-corrected chi connectivity index (χ1v) is 18.3. The lowest BCUT2D eigenvalue weighted by molar-refractivity contribution is -0.125. The predicted molar refractivity (Wildman–Crippen MR) is 210 cm³/mol. The molecule has 0 unspecified atom stereocenters. The van der Waals surface area contributed by atoms with Gasteiger partial charge >= 0.3 is 0 Å². The lowest BCUT2D eigenvalue weighted by Crippen LogP contribution is -2.48. The molecule has 4 aromatic rings. The third-order valence-corrected chi connectivity index (χ3v) is 8.54. The molecule has 0 bridgehead atoms. The van der Waals surface area contributed by atoms with Crippen LogP contribution in [0.25, 0.3) is 16.7 Å². The third-order valence-electron chi connectivity index (χ3n) is 8.54. The van der Waals surface area contributed by atoms with Crippen LogP contribution < -0.4 is 20.7 Å². The van der Waals surface area contributed by atoms with Crippen molar-refractivity contribution in [1.82, 2.24) is 41.2 Å². The van der Waals surface area contributed by atoms with Crippen LogP contribution in [-0.4, -0.2) is 67.5 Å². The Balaban J connectivity index is 1.38. The Bertz CT molecular complexity index is 1880. The minimum Gasteiger partial charge on any atom is -0.494 e. The molecule has 0 saturated carbocycles. The van der Waals surface area contributed by atoms with Gasteiger partial charge in [-0.05, 0) is 59.4 Å². The highest BCUT2D eigenvalue weighted by Gasteiger charge is 2.23. The first kappa shape index (κ1) is 40.8. The molecule has 4 N–H and O–H groups in total. The molecule has 0 saturated heterocycles. The molecule has 13 heteroatoms. The fourth-order valence-corrected chi connectivity index (χ4v) is 5.35. The smallest absolute Gasteiger partial charge is 0.269 e. The molecule has 0 aliphatic rings. The molecule has 54 heavy (non-hydrogen) atoms. The highest BCUT2D eigenvalue weighted by atomic mass is 16.5. The fraction of sp³-hybridized carbons (Fsp3) is 0.366. The maximum atomic E-state index is 13.4. The van der Waals surface area contributed by atoms with E-state index < -0.39 is 23.8 Å². The van der Waals surface area contributed by atoms with Gasteiger partial charge in [-0.25, -0.2) is 9.97 Å². The number of aromatic nitrogens is 6. The van der Waals surface area contributed by atoms with Crippen LogP contribution in [0.2, 0.25) is 0 Å². The van der Waals surface area contributed by atoms with Crippen molar-refractivity contribution in [2.24, 2.45) is 0 Å². The van der Waals surface area contributed by atoms with E-state index in [2.05, 4.69) is 80.8 Å². The van der Waals surface area contributed by atoms with E-state index in [9.17, 15) is 14.4 Å². The van der Waals surface area contributed by atoms with Gasteiger partial charge in [0.2, 0.25) is 11.8 Å². The Morgan fingerprint density at radius 2 is 1.63 bits per heavy atom. The van der Waals surface area contributed by atoms with Gasteiger partial charge < -0.3 is 15.4 Å². The maximum Gasteiger partial charge on any atom is 0.269 e. The van der Waals surface area contributed by atoms with E-state index in [1.165, 1.54) is 25.7 Å². The number of nitrogens with one attached hydrogen (secondary N) is 4. The van der Waals surface area contributed by atoms with Crippen LogP contribution >= 0.6 is 0 Å². The largest absolute Gasteiger partial charge is 0.494 e. The summed E-state index contributed by atoms with van der Waals surface area (Å²) in [5, 5.41) is 20.7. The molecule has 2 aromatic carbocycles. The highest BCUT2D eigenvalue weighted by molar-refractivity contribution is 5.99. The predicted octanol–water partition coefficient (Wildman–Crippen LogP) is 6.76. The number of aromatic amines is 1. The molecular weight excluding hydrogens is 683 g/mol. The summed E-state index contributed by atoms with van der Waals surface area (Å²) in [5.41, 5.74) is 4.52. The van der Waals surface area contributed by atoms with Crippen LogP contribution in [0.15, 0.2) is 91.3 Å². The van der Waals surface area contributed by atoms with Crippen LogP contribution in [0.3, 0.4) is 0 Å². The van der Waals surface area contributed by atoms with Gasteiger partial charge in [0.05, 0.1) is 13.2 Å². The summed E-state index contributed by atoms with van der Waals surface area (Å²) in [5.74, 6) is -0.247. The number of carbonyl (C=O) groups is 3. The van der Waals surface area contributed by atoms with Gasteiger partial charge in [-0.2, -0.15) is 5.21 Å². The number of H-pyrrole nitrogens is 1. The number of hydrogen-bond acceptors (Lipinski definition) is 9. The third kappa shape index (κ3) is 12.9. The number of unbranched alkanes of at least 4 members (excludes halogenated alkanes) is 4. The van der Waals surface area contributed by atoms with E-state index in [0.29, 0.717) is 23.6 Å². The van der Waals surface area contributed by atoms with Gasteiger partial charge in [0.15, 0.2) is 5.82 Å². The molecular formula is C41H51N9O4. The number of nitrogens with zero attached hydrogens (tertiary/aromatic N) is 5. The lowest BCUT2D eigenvalue weighted by atomic mass is 9.86. The van der Waals surface area contributed by atoms with E-state index in [1.807, 2.05) is 55.5 Å². The Morgan fingerprint density at radius 3 is 2.26 bits per heavy atom. The zero-order chi connectivity index (χ0) is 38.9. The average Bonchev–Trinajstić information content (AvgIpc) is 3.68. The minimum absolute atomic E-state index is 0.0300. The van der Waals surface area contributed by atoms with E-state index >= 15 is 0 Å². The van der Waals surface area contributed by atoms with Crippen molar-refractivity contribution in [2.75, 3.05) is 18.5 Å². The Hall–Kier alpha value is -5.98. The SMILES string of the molecule is C=C(/C=C\C(=C/C)c1ncc(-c2ccc(OCCCCCCC)cc2)cn1)C[C@H](NC(=O)c1ccc(C(C)(C)C)cc1)C(=O)NCC(=O)Nc1nn[nH]n1. The Morgan fingerprint density at radius 1 is 0.926 bits per heavy atom.